The first kappa shape index (κ1) is 21.3. The Balaban J connectivity index is 2.45. The van der Waals surface area contributed by atoms with Gasteiger partial charge in [-0.3, -0.25) is 4.79 Å². The van der Waals surface area contributed by atoms with Crippen molar-refractivity contribution in [2.45, 2.75) is 105 Å². The van der Waals surface area contributed by atoms with Crippen molar-refractivity contribution in [1.82, 2.24) is 4.90 Å². The van der Waals surface area contributed by atoms with Gasteiger partial charge < -0.3 is 4.90 Å². The van der Waals surface area contributed by atoms with Gasteiger partial charge in [-0.1, -0.05) is 79.1 Å². The van der Waals surface area contributed by atoms with Gasteiger partial charge in [0.05, 0.1) is 0 Å². The van der Waals surface area contributed by atoms with Crippen LogP contribution in [0.3, 0.4) is 0 Å². The summed E-state index contributed by atoms with van der Waals surface area (Å²) in [6.45, 7) is 11.2. The third kappa shape index (κ3) is 7.85. The highest BCUT2D eigenvalue weighted by Crippen LogP contribution is 2.36. The van der Waals surface area contributed by atoms with Crippen LogP contribution in [0.4, 0.5) is 0 Å². The van der Waals surface area contributed by atoms with Crippen molar-refractivity contribution in [3.8, 4) is 0 Å². The number of ketones is 1. The van der Waals surface area contributed by atoms with E-state index in [0.29, 0.717) is 5.78 Å². The van der Waals surface area contributed by atoms with Crippen LogP contribution in [0.15, 0.2) is 11.8 Å². The molecule has 2 heteroatoms. The molecule has 0 saturated heterocycles. The Kier molecular flexibility index (Phi) is 10.4. The quantitative estimate of drug-likeness (QED) is 0.358. The number of unbranched alkanes of at least 4 members (excludes halogenated alkanes) is 8. The molecule has 0 amide bonds. The highest BCUT2D eigenvalue weighted by Gasteiger charge is 2.32. The van der Waals surface area contributed by atoms with E-state index >= 15 is 0 Å². The molecule has 24 heavy (non-hydrogen) atoms. The second-order valence-electron chi connectivity index (χ2n) is 8.21. The molecule has 1 aliphatic heterocycles. The van der Waals surface area contributed by atoms with Crippen molar-refractivity contribution in [2.24, 2.45) is 5.41 Å². The lowest BCUT2D eigenvalue weighted by molar-refractivity contribution is -0.117. The normalized spacial score (nSPS) is 17.0. The van der Waals surface area contributed by atoms with Crippen LogP contribution < -0.4 is 0 Å². The summed E-state index contributed by atoms with van der Waals surface area (Å²) in [5, 5.41) is 0. The van der Waals surface area contributed by atoms with Crippen molar-refractivity contribution < 1.29 is 4.79 Å². The van der Waals surface area contributed by atoms with Crippen LogP contribution in [0, 0.1) is 5.41 Å². The Morgan fingerprint density at radius 1 is 0.958 bits per heavy atom. The van der Waals surface area contributed by atoms with E-state index in [1.165, 1.54) is 57.8 Å². The minimum absolute atomic E-state index is 0.0548. The number of hydrogen-bond donors (Lipinski definition) is 0. The Labute approximate surface area is 151 Å². The van der Waals surface area contributed by atoms with Gasteiger partial charge in [0.15, 0.2) is 5.78 Å². The largest absolute Gasteiger partial charge is 0.377 e. The van der Waals surface area contributed by atoms with Crippen molar-refractivity contribution in [1.29, 1.82) is 0 Å². The number of rotatable bonds is 13. The standard InChI is InChI=1S/C22H41NO/c1-5-7-9-11-13-15-21(24)20-19-23(18-16-22(20,3)4)17-14-12-10-8-6-2/h19H,5-18H2,1-4H3. The fourth-order valence-corrected chi connectivity index (χ4v) is 3.55. The van der Waals surface area contributed by atoms with Crippen molar-refractivity contribution >= 4 is 5.78 Å². The number of carbonyl (C=O) groups is 1. The lowest BCUT2D eigenvalue weighted by Crippen LogP contribution is -2.35. The van der Waals surface area contributed by atoms with Gasteiger partial charge in [0.2, 0.25) is 0 Å². The zero-order chi connectivity index (χ0) is 17.8. The molecule has 0 aromatic rings. The summed E-state index contributed by atoms with van der Waals surface area (Å²) < 4.78 is 0. The Hall–Kier alpha value is -0.790. The monoisotopic (exact) mass is 335 g/mol. The number of allylic oxidation sites excluding steroid dienone is 1. The van der Waals surface area contributed by atoms with Gasteiger partial charge in [-0.05, 0) is 24.7 Å². The topological polar surface area (TPSA) is 20.3 Å². The molecule has 140 valence electrons. The summed E-state index contributed by atoms with van der Waals surface area (Å²) in [7, 11) is 0. The molecule has 0 fully saturated rings. The molecular weight excluding hydrogens is 294 g/mol. The smallest absolute Gasteiger partial charge is 0.160 e. The molecule has 0 unspecified atom stereocenters. The number of carbonyl (C=O) groups excluding carboxylic acids is 1. The van der Waals surface area contributed by atoms with Gasteiger partial charge in [-0.25, -0.2) is 0 Å². The second kappa shape index (κ2) is 11.7. The molecule has 0 aliphatic carbocycles. The molecule has 0 N–H and O–H groups in total. The molecule has 0 spiro atoms. The number of hydrogen-bond acceptors (Lipinski definition) is 2. The lowest BCUT2D eigenvalue weighted by Gasteiger charge is -2.37. The summed E-state index contributed by atoms with van der Waals surface area (Å²) in [5.74, 6) is 0.396. The van der Waals surface area contributed by atoms with E-state index in [9.17, 15) is 4.79 Å². The SMILES string of the molecule is CCCCCCCC(=O)C1=CN(CCCCCCC)CCC1(C)C. The number of nitrogens with zero attached hydrogens (tertiary/aromatic N) is 1. The maximum atomic E-state index is 12.7. The van der Waals surface area contributed by atoms with Crippen LogP contribution >= 0.6 is 0 Å². The second-order valence-corrected chi connectivity index (χ2v) is 8.21. The maximum Gasteiger partial charge on any atom is 0.160 e. The summed E-state index contributed by atoms with van der Waals surface area (Å²) in [6, 6.07) is 0. The van der Waals surface area contributed by atoms with Crippen LogP contribution in [0.2, 0.25) is 0 Å². The zero-order valence-corrected chi connectivity index (χ0v) is 16.8. The van der Waals surface area contributed by atoms with Gasteiger partial charge in [0.25, 0.3) is 0 Å². The third-order valence-corrected chi connectivity index (χ3v) is 5.42. The lowest BCUT2D eigenvalue weighted by atomic mass is 9.76. The Morgan fingerprint density at radius 2 is 1.54 bits per heavy atom. The summed E-state index contributed by atoms with van der Waals surface area (Å²) in [6.07, 6.45) is 16.7. The van der Waals surface area contributed by atoms with E-state index in [0.717, 1.165) is 37.9 Å². The predicted molar refractivity (Wildman–Crippen MR) is 105 cm³/mol. The Bertz CT molecular complexity index is 383. The van der Waals surface area contributed by atoms with Crippen molar-refractivity contribution in [2.75, 3.05) is 13.1 Å². The first-order valence-corrected chi connectivity index (χ1v) is 10.5. The number of Topliss-reactive ketones (excluding diaryl/α,β-unsaturated/α-hetero) is 1. The van der Waals surface area contributed by atoms with E-state index < -0.39 is 0 Å². The molecule has 2 nitrogen and oxygen atoms in total. The average molecular weight is 336 g/mol. The van der Waals surface area contributed by atoms with Gasteiger partial charge >= 0.3 is 0 Å². The minimum atomic E-state index is 0.0548. The molecule has 1 aliphatic rings. The molecule has 0 radical (unpaired) electrons. The zero-order valence-electron chi connectivity index (χ0n) is 16.8. The third-order valence-electron chi connectivity index (χ3n) is 5.42. The molecule has 1 heterocycles. The van der Waals surface area contributed by atoms with Crippen LogP contribution in [0.25, 0.3) is 0 Å². The predicted octanol–water partition coefficient (Wildman–Crippen LogP) is 6.50. The van der Waals surface area contributed by atoms with Crippen LogP contribution in [0.5, 0.6) is 0 Å². The van der Waals surface area contributed by atoms with E-state index in [-0.39, 0.29) is 5.41 Å². The van der Waals surface area contributed by atoms with E-state index in [2.05, 4.69) is 38.8 Å². The van der Waals surface area contributed by atoms with Gasteiger partial charge in [-0.15, -0.1) is 0 Å². The summed E-state index contributed by atoms with van der Waals surface area (Å²) in [4.78, 5) is 15.1. The van der Waals surface area contributed by atoms with E-state index in [1.54, 1.807) is 0 Å². The summed E-state index contributed by atoms with van der Waals surface area (Å²) in [5.41, 5.74) is 1.14. The molecular formula is C22H41NO. The van der Waals surface area contributed by atoms with Crippen molar-refractivity contribution in [3.63, 3.8) is 0 Å². The highest BCUT2D eigenvalue weighted by atomic mass is 16.1. The highest BCUT2D eigenvalue weighted by molar-refractivity contribution is 5.96. The summed E-state index contributed by atoms with van der Waals surface area (Å²) >= 11 is 0. The molecule has 0 bridgehead atoms. The van der Waals surface area contributed by atoms with Gasteiger partial charge in [-0.2, -0.15) is 0 Å². The Morgan fingerprint density at radius 3 is 2.17 bits per heavy atom. The van der Waals surface area contributed by atoms with E-state index in [4.69, 9.17) is 0 Å². The first-order chi connectivity index (χ1) is 11.5. The van der Waals surface area contributed by atoms with Crippen LogP contribution in [-0.2, 0) is 4.79 Å². The molecule has 0 atom stereocenters. The van der Waals surface area contributed by atoms with Crippen LogP contribution in [0.1, 0.15) is 105 Å². The molecule has 0 saturated carbocycles. The van der Waals surface area contributed by atoms with E-state index in [1.807, 2.05) is 0 Å². The fourth-order valence-electron chi connectivity index (χ4n) is 3.55. The van der Waals surface area contributed by atoms with Gasteiger partial charge in [0.1, 0.15) is 0 Å². The molecule has 0 aromatic carbocycles. The molecule has 1 rings (SSSR count). The van der Waals surface area contributed by atoms with Crippen LogP contribution in [-0.4, -0.2) is 23.8 Å². The first-order valence-electron chi connectivity index (χ1n) is 10.5. The van der Waals surface area contributed by atoms with Crippen molar-refractivity contribution in [3.05, 3.63) is 11.8 Å². The minimum Gasteiger partial charge on any atom is -0.377 e. The van der Waals surface area contributed by atoms with Gasteiger partial charge in [0, 0.05) is 31.3 Å². The average Bonchev–Trinajstić information content (AvgIpc) is 2.55. The molecule has 0 aromatic heterocycles. The fraction of sp³-hybridized carbons (Fsp3) is 0.864. The maximum absolute atomic E-state index is 12.7.